The first-order chi connectivity index (χ1) is 13.3. The highest BCUT2D eigenvalue weighted by Gasteiger charge is 2.43. The summed E-state index contributed by atoms with van der Waals surface area (Å²) in [5, 5.41) is 3.12. The summed E-state index contributed by atoms with van der Waals surface area (Å²) in [7, 11) is 0. The molecule has 1 aromatic heterocycles. The molecule has 1 saturated carbocycles. The monoisotopic (exact) mass is 386 g/mol. The molecular weight excluding hydrogens is 356 g/mol. The van der Waals surface area contributed by atoms with Crippen molar-refractivity contribution in [2.24, 2.45) is 17.8 Å². The Bertz CT molecular complexity index is 721. The Kier molecular flexibility index (Phi) is 4.93. The van der Waals surface area contributed by atoms with Gasteiger partial charge in [-0.25, -0.2) is 9.59 Å². The number of amides is 3. The minimum atomic E-state index is -0.451. The van der Waals surface area contributed by atoms with Crippen LogP contribution in [0, 0.1) is 17.8 Å². The lowest BCUT2D eigenvalue weighted by molar-refractivity contribution is 0.0278. The number of aromatic nitrogens is 1. The van der Waals surface area contributed by atoms with Gasteiger partial charge in [-0.15, -0.1) is 0 Å². The molecule has 1 aliphatic carbocycles. The zero-order valence-corrected chi connectivity index (χ0v) is 17.0. The van der Waals surface area contributed by atoms with Gasteiger partial charge in [-0.2, -0.15) is 0 Å². The van der Waals surface area contributed by atoms with Gasteiger partial charge in [0.2, 0.25) is 0 Å². The number of hydrogen-bond donors (Lipinski definition) is 1. The first-order valence-corrected chi connectivity index (χ1v) is 10.2. The van der Waals surface area contributed by atoms with Crippen LogP contribution in [0.15, 0.2) is 18.5 Å². The van der Waals surface area contributed by atoms with Crippen molar-refractivity contribution >= 4 is 12.1 Å². The number of nitrogens with one attached hydrogen (secondary N) is 1. The highest BCUT2D eigenvalue weighted by atomic mass is 16.6. The average molecular weight is 386 g/mol. The van der Waals surface area contributed by atoms with Gasteiger partial charge in [-0.1, -0.05) is 0 Å². The second-order valence-electron chi connectivity index (χ2n) is 9.43. The maximum atomic E-state index is 12.5. The van der Waals surface area contributed by atoms with E-state index in [1.165, 1.54) is 5.56 Å². The summed E-state index contributed by atoms with van der Waals surface area (Å²) >= 11 is 0. The van der Waals surface area contributed by atoms with Crippen LogP contribution < -0.4 is 5.32 Å². The molecule has 0 aromatic carbocycles. The van der Waals surface area contributed by atoms with Gasteiger partial charge in [0.1, 0.15) is 5.60 Å². The van der Waals surface area contributed by atoms with E-state index >= 15 is 0 Å². The third kappa shape index (κ3) is 4.08. The van der Waals surface area contributed by atoms with E-state index in [9.17, 15) is 9.59 Å². The number of hydrogen-bond acceptors (Lipinski definition) is 4. The van der Waals surface area contributed by atoms with Gasteiger partial charge in [-0.3, -0.25) is 4.98 Å². The van der Waals surface area contributed by atoms with E-state index in [1.807, 2.05) is 42.8 Å². The zero-order chi connectivity index (χ0) is 19.9. The lowest BCUT2D eigenvalue weighted by atomic mass is 10.0. The predicted octanol–water partition coefficient (Wildman–Crippen LogP) is 3.00. The van der Waals surface area contributed by atoms with Gasteiger partial charge < -0.3 is 19.9 Å². The molecule has 1 aromatic rings. The minimum absolute atomic E-state index is 0.00337. The smallest absolute Gasteiger partial charge is 0.410 e. The Morgan fingerprint density at radius 3 is 2.46 bits per heavy atom. The summed E-state index contributed by atoms with van der Waals surface area (Å²) in [4.78, 5) is 32.6. The van der Waals surface area contributed by atoms with Gasteiger partial charge in [0.05, 0.1) is 0 Å². The number of carbonyl (C=O) groups excluding carboxylic acids is 2. The molecule has 0 bridgehead atoms. The molecule has 0 radical (unpaired) electrons. The summed E-state index contributed by atoms with van der Waals surface area (Å²) in [5.74, 6) is 1.54. The quantitative estimate of drug-likeness (QED) is 0.848. The van der Waals surface area contributed by atoms with Crippen LogP contribution in [-0.4, -0.2) is 52.1 Å². The Labute approximate surface area is 166 Å². The second-order valence-corrected chi connectivity index (χ2v) is 9.43. The molecule has 3 amide bonds. The lowest BCUT2D eigenvalue weighted by Gasteiger charge is -2.25. The normalized spacial score (nSPS) is 26.2. The largest absolute Gasteiger partial charge is 0.444 e. The molecule has 3 heterocycles. The van der Waals surface area contributed by atoms with Crippen LogP contribution in [0.5, 0.6) is 0 Å². The van der Waals surface area contributed by atoms with Crippen molar-refractivity contribution in [3.8, 4) is 0 Å². The molecule has 152 valence electrons. The number of urea groups is 1. The van der Waals surface area contributed by atoms with E-state index in [4.69, 9.17) is 4.74 Å². The predicted molar refractivity (Wildman–Crippen MR) is 104 cm³/mol. The summed E-state index contributed by atoms with van der Waals surface area (Å²) < 4.78 is 5.50. The molecule has 1 saturated heterocycles. The van der Waals surface area contributed by atoms with Crippen LogP contribution in [0.1, 0.15) is 44.7 Å². The van der Waals surface area contributed by atoms with Gasteiger partial charge in [0, 0.05) is 45.1 Å². The maximum absolute atomic E-state index is 12.5. The van der Waals surface area contributed by atoms with Crippen molar-refractivity contribution in [3.05, 3.63) is 29.6 Å². The molecule has 2 aliphatic heterocycles. The van der Waals surface area contributed by atoms with Crippen molar-refractivity contribution in [1.29, 1.82) is 0 Å². The zero-order valence-electron chi connectivity index (χ0n) is 17.0. The summed E-state index contributed by atoms with van der Waals surface area (Å²) in [5.41, 5.74) is 1.87. The third-order valence-corrected chi connectivity index (χ3v) is 6.06. The van der Waals surface area contributed by atoms with Crippen LogP contribution >= 0.6 is 0 Å². The number of pyridine rings is 1. The standard InChI is InChI=1S/C21H30N4O3/c1-21(2,3)28-20(27)25-11-16-6-14(7-17(16)12-25)8-23-19(26)24-10-15-4-5-22-9-18(15)13-24/h4-5,9,14,16-17H,6-8,10-13H2,1-3H3,(H,23,26)/t14-,16+,17-. The Hall–Kier alpha value is -2.31. The van der Waals surface area contributed by atoms with Crippen LogP contribution in [0.3, 0.4) is 0 Å². The van der Waals surface area contributed by atoms with E-state index in [0.29, 0.717) is 37.4 Å². The fourth-order valence-electron chi connectivity index (χ4n) is 4.77. The SMILES string of the molecule is CC(C)(C)OC(=O)N1C[C@H]2C[C@H](CNC(=O)N3Cc4ccncc4C3)C[C@H]2C1. The summed E-state index contributed by atoms with van der Waals surface area (Å²) in [6, 6.07) is 1.99. The van der Waals surface area contributed by atoms with Gasteiger partial charge in [0.15, 0.2) is 0 Å². The van der Waals surface area contributed by atoms with Crippen molar-refractivity contribution < 1.29 is 14.3 Å². The Morgan fingerprint density at radius 1 is 1.14 bits per heavy atom. The molecule has 0 unspecified atom stereocenters. The first kappa shape index (κ1) is 19.0. The second kappa shape index (κ2) is 7.26. The molecule has 2 fully saturated rings. The number of likely N-dealkylation sites (tertiary alicyclic amines) is 1. The van der Waals surface area contributed by atoms with Gasteiger partial charge >= 0.3 is 12.1 Å². The molecule has 1 N–H and O–H groups in total. The number of ether oxygens (including phenoxy) is 1. The maximum Gasteiger partial charge on any atom is 0.410 e. The van der Waals surface area contributed by atoms with E-state index in [0.717, 1.165) is 31.5 Å². The number of carbonyl (C=O) groups is 2. The number of fused-ring (bicyclic) bond motifs is 2. The van der Waals surface area contributed by atoms with Crippen LogP contribution in [0.25, 0.3) is 0 Å². The first-order valence-electron chi connectivity index (χ1n) is 10.2. The highest BCUT2D eigenvalue weighted by molar-refractivity contribution is 5.75. The number of nitrogens with zero attached hydrogens (tertiary/aromatic N) is 3. The van der Waals surface area contributed by atoms with Crippen LogP contribution in [0.4, 0.5) is 9.59 Å². The highest BCUT2D eigenvalue weighted by Crippen LogP contribution is 2.41. The molecular formula is C21H30N4O3. The number of rotatable bonds is 2. The van der Waals surface area contributed by atoms with Gasteiger partial charge in [-0.05, 0) is 68.6 Å². The fraction of sp³-hybridized carbons (Fsp3) is 0.667. The third-order valence-electron chi connectivity index (χ3n) is 6.06. The summed E-state index contributed by atoms with van der Waals surface area (Å²) in [6.07, 6.45) is 5.55. The van der Waals surface area contributed by atoms with Gasteiger partial charge in [0.25, 0.3) is 0 Å². The summed E-state index contributed by atoms with van der Waals surface area (Å²) in [6.45, 7) is 9.25. The van der Waals surface area contributed by atoms with Crippen molar-refractivity contribution in [1.82, 2.24) is 20.1 Å². The van der Waals surface area contributed by atoms with Crippen molar-refractivity contribution in [2.75, 3.05) is 19.6 Å². The van der Waals surface area contributed by atoms with Crippen LogP contribution in [0.2, 0.25) is 0 Å². The Morgan fingerprint density at radius 2 is 1.82 bits per heavy atom. The molecule has 4 rings (SSSR count). The molecule has 7 heteroatoms. The van der Waals surface area contributed by atoms with Crippen molar-refractivity contribution in [3.63, 3.8) is 0 Å². The lowest BCUT2D eigenvalue weighted by Crippen LogP contribution is -2.39. The average Bonchev–Trinajstić information content (AvgIpc) is 3.30. The van der Waals surface area contributed by atoms with E-state index in [2.05, 4.69) is 10.3 Å². The minimum Gasteiger partial charge on any atom is -0.444 e. The Balaban J connectivity index is 1.21. The van der Waals surface area contributed by atoms with E-state index < -0.39 is 5.60 Å². The van der Waals surface area contributed by atoms with E-state index in [1.54, 1.807) is 6.20 Å². The van der Waals surface area contributed by atoms with Crippen LogP contribution in [-0.2, 0) is 17.8 Å². The molecule has 7 nitrogen and oxygen atoms in total. The molecule has 3 aliphatic rings. The van der Waals surface area contributed by atoms with E-state index in [-0.39, 0.29) is 12.1 Å². The topological polar surface area (TPSA) is 74.8 Å². The van der Waals surface area contributed by atoms with Crippen molar-refractivity contribution in [2.45, 2.75) is 52.3 Å². The fourth-order valence-corrected chi connectivity index (χ4v) is 4.77. The molecule has 0 spiro atoms. The molecule has 3 atom stereocenters. The molecule has 28 heavy (non-hydrogen) atoms.